The summed E-state index contributed by atoms with van der Waals surface area (Å²) in [5.41, 5.74) is -2.92. The van der Waals surface area contributed by atoms with E-state index in [0.717, 1.165) is 30.3 Å². The van der Waals surface area contributed by atoms with Gasteiger partial charge in [0.2, 0.25) is 0 Å². The van der Waals surface area contributed by atoms with E-state index in [1.807, 2.05) is 11.1 Å². The van der Waals surface area contributed by atoms with Gasteiger partial charge in [0.1, 0.15) is 17.2 Å². The molecule has 3 aromatic rings. The molecular weight excluding hydrogens is 642 g/mol. The molecule has 2 N–H and O–H groups in total. The first-order valence-corrected chi connectivity index (χ1v) is 15.7. The van der Waals surface area contributed by atoms with Crippen molar-refractivity contribution < 1.29 is 41.1 Å². The summed E-state index contributed by atoms with van der Waals surface area (Å²) in [4.78, 5) is 38.3. The zero-order valence-electron chi connectivity index (χ0n) is 24.7. The lowest BCUT2D eigenvalue weighted by molar-refractivity contribution is -0.245. The van der Waals surface area contributed by atoms with Gasteiger partial charge in [-0.2, -0.15) is 18.3 Å². The molecule has 244 valence electrons. The second-order valence-electron chi connectivity index (χ2n) is 11.0. The number of ether oxygens (including phenoxy) is 2. The molecule has 0 aliphatic carbocycles. The summed E-state index contributed by atoms with van der Waals surface area (Å²) >= 11 is 6.08. The molecule has 0 radical (unpaired) electrons. The van der Waals surface area contributed by atoms with Crippen molar-refractivity contribution in [3.63, 3.8) is 0 Å². The van der Waals surface area contributed by atoms with Gasteiger partial charge in [-0.05, 0) is 69.5 Å². The number of aromatic nitrogens is 2. The number of nitrogens with one attached hydrogen (secondary N) is 2. The number of hydrogen-bond donors (Lipinski definition) is 2. The molecule has 0 bridgehead atoms. The van der Waals surface area contributed by atoms with Crippen LogP contribution in [0.2, 0.25) is 5.02 Å². The number of benzene rings is 2. The van der Waals surface area contributed by atoms with Crippen LogP contribution < -0.4 is 20.9 Å². The molecule has 16 heteroatoms. The Balaban J connectivity index is 1.58. The van der Waals surface area contributed by atoms with Crippen molar-refractivity contribution in [2.24, 2.45) is 5.41 Å². The zero-order valence-corrected chi connectivity index (χ0v) is 26.3. The van der Waals surface area contributed by atoms with Gasteiger partial charge in [-0.15, -0.1) is 0 Å². The minimum absolute atomic E-state index is 0.0613. The molecule has 5 atom stereocenters. The highest BCUT2D eigenvalue weighted by Gasteiger charge is 2.62. The van der Waals surface area contributed by atoms with E-state index >= 15 is 0 Å². The number of hydrogen-bond acceptors (Lipinski definition) is 8. The lowest BCUT2D eigenvalue weighted by Gasteiger charge is -2.32. The third-order valence-electron chi connectivity index (χ3n) is 6.99. The predicted octanol–water partition coefficient (Wildman–Crippen LogP) is 5.85. The number of aromatic amines is 1. The first-order valence-electron chi connectivity index (χ1n) is 13.8. The quantitative estimate of drug-likeness (QED) is 0.190. The van der Waals surface area contributed by atoms with Crippen molar-refractivity contribution in [2.75, 3.05) is 6.61 Å². The van der Waals surface area contributed by atoms with Gasteiger partial charge >= 0.3 is 25.6 Å². The molecule has 2 aromatic carbocycles. The standard InChI is InChI=1S/C29H32ClF3N3O8P/c1-17(2)42-25(38)18(3)35-45(40,44-22-10-8-19(9-11-22)20-6-5-7-21(30)14-20)41-16-23-15-28(4,29(31,32)33)26(43-23)36-13-12-24(37)34-27(36)39/h5-14,17-18,23,26H,15-16H2,1-4H3,(H,35,40)(H,34,37,39)/t18-,23-,26+,28+,45?/m0/s1. The highest BCUT2D eigenvalue weighted by atomic mass is 35.5. The van der Waals surface area contributed by atoms with E-state index in [4.69, 9.17) is 30.1 Å². The van der Waals surface area contributed by atoms with E-state index in [-0.39, 0.29) is 5.75 Å². The first kappa shape index (κ1) is 34.5. The minimum atomic E-state index is -4.85. The van der Waals surface area contributed by atoms with Crippen LogP contribution in [-0.2, 0) is 23.4 Å². The molecular formula is C29H32ClF3N3O8P. The van der Waals surface area contributed by atoms with Gasteiger partial charge in [-0.25, -0.2) is 9.36 Å². The number of rotatable bonds is 11. The Kier molecular flexibility index (Phi) is 10.3. The van der Waals surface area contributed by atoms with Gasteiger partial charge in [0.25, 0.3) is 5.56 Å². The van der Waals surface area contributed by atoms with Gasteiger partial charge < -0.3 is 14.0 Å². The number of carbonyl (C=O) groups is 1. The van der Waals surface area contributed by atoms with Crippen molar-refractivity contribution in [2.45, 2.75) is 64.8 Å². The lowest BCUT2D eigenvalue weighted by atomic mass is 9.84. The maximum absolute atomic E-state index is 14.3. The van der Waals surface area contributed by atoms with E-state index in [1.54, 1.807) is 44.2 Å². The molecule has 45 heavy (non-hydrogen) atoms. The van der Waals surface area contributed by atoms with Crippen molar-refractivity contribution in [3.8, 4) is 16.9 Å². The van der Waals surface area contributed by atoms with Crippen molar-refractivity contribution in [3.05, 3.63) is 86.7 Å². The molecule has 1 aliphatic heterocycles. The summed E-state index contributed by atoms with van der Waals surface area (Å²) in [6.45, 7) is 4.79. The predicted molar refractivity (Wildman–Crippen MR) is 159 cm³/mol. The van der Waals surface area contributed by atoms with Gasteiger partial charge in [-0.1, -0.05) is 35.9 Å². The number of nitrogens with zero attached hydrogens (tertiary/aromatic N) is 1. The maximum atomic E-state index is 14.3. The Morgan fingerprint density at radius 3 is 2.44 bits per heavy atom. The molecule has 0 saturated carbocycles. The van der Waals surface area contributed by atoms with Crippen LogP contribution in [0.15, 0.2) is 70.4 Å². The number of alkyl halides is 3. The number of halogens is 4. The fourth-order valence-electron chi connectivity index (χ4n) is 4.70. The largest absolute Gasteiger partial charge is 0.462 e. The maximum Gasteiger partial charge on any atom is 0.459 e. The summed E-state index contributed by atoms with van der Waals surface area (Å²) < 4.78 is 79.6. The van der Waals surface area contributed by atoms with Crippen molar-refractivity contribution in [1.29, 1.82) is 0 Å². The SMILES string of the molecule is CC(C)OC(=O)[C@H](C)NP(=O)(OC[C@@H]1C[C@@](C)(C(F)(F)F)[C@H](n2ccc(=O)[nH]c2=O)O1)Oc1ccc(-c2cccc(Cl)c2)cc1. The first-order chi connectivity index (χ1) is 21.0. The van der Waals surface area contributed by atoms with Crippen LogP contribution in [0.1, 0.15) is 40.3 Å². The second kappa shape index (κ2) is 13.5. The van der Waals surface area contributed by atoms with Crippen molar-refractivity contribution in [1.82, 2.24) is 14.6 Å². The average molecular weight is 674 g/mol. The molecule has 1 saturated heterocycles. The van der Waals surface area contributed by atoms with Crippen LogP contribution in [0, 0.1) is 5.41 Å². The van der Waals surface area contributed by atoms with Gasteiger partial charge in [0.15, 0.2) is 6.23 Å². The van der Waals surface area contributed by atoms with E-state index in [1.165, 1.54) is 19.1 Å². The third kappa shape index (κ3) is 8.25. The Hall–Kier alpha value is -3.42. The van der Waals surface area contributed by atoms with E-state index < -0.39 is 74.1 Å². The summed E-state index contributed by atoms with van der Waals surface area (Å²) in [6, 6.07) is 13.1. The van der Waals surface area contributed by atoms with Gasteiger partial charge in [0.05, 0.1) is 18.8 Å². The summed E-state index contributed by atoms with van der Waals surface area (Å²) in [5, 5.41) is 3.01. The highest BCUT2D eigenvalue weighted by molar-refractivity contribution is 7.52. The summed E-state index contributed by atoms with van der Waals surface area (Å²) in [7, 11) is -4.48. The third-order valence-corrected chi connectivity index (χ3v) is 8.87. The Morgan fingerprint density at radius 1 is 1.16 bits per heavy atom. The molecule has 1 fully saturated rings. The molecule has 11 nitrogen and oxygen atoms in total. The second-order valence-corrected chi connectivity index (χ2v) is 13.1. The molecule has 4 rings (SSSR count). The molecule has 2 heterocycles. The molecule has 0 spiro atoms. The van der Waals surface area contributed by atoms with Gasteiger partial charge in [0, 0.05) is 17.3 Å². The minimum Gasteiger partial charge on any atom is -0.462 e. The van der Waals surface area contributed by atoms with Crippen LogP contribution >= 0.6 is 19.3 Å². The molecule has 1 aliphatic rings. The number of esters is 1. The van der Waals surface area contributed by atoms with Crippen LogP contribution in [0.5, 0.6) is 5.75 Å². The highest BCUT2D eigenvalue weighted by Crippen LogP contribution is 2.55. The van der Waals surface area contributed by atoms with E-state index in [0.29, 0.717) is 9.59 Å². The van der Waals surface area contributed by atoms with Crippen LogP contribution in [0.4, 0.5) is 13.2 Å². The van der Waals surface area contributed by atoms with E-state index in [9.17, 15) is 32.1 Å². The summed E-state index contributed by atoms with van der Waals surface area (Å²) in [5.74, 6) is -0.709. The lowest BCUT2D eigenvalue weighted by Crippen LogP contribution is -2.44. The van der Waals surface area contributed by atoms with Crippen molar-refractivity contribution >= 4 is 25.3 Å². The van der Waals surface area contributed by atoms with E-state index in [2.05, 4.69) is 5.09 Å². The number of carbonyl (C=O) groups excluding carboxylic acids is 1. The normalized spacial score (nSPS) is 22.2. The zero-order chi connectivity index (χ0) is 33.2. The Bertz CT molecular complexity index is 1680. The fourth-order valence-corrected chi connectivity index (χ4v) is 6.42. The van der Waals surface area contributed by atoms with Crippen LogP contribution in [-0.4, -0.2) is 46.6 Å². The fraction of sp³-hybridized carbons (Fsp3) is 0.414. The topological polar surface area (TPSA) is 138 Å². The smallest absolute Gasteiger partial charge is 0.459 e. The average Bonchev–Trinajstić information content (AvgIpc) is 3.29. The monoisotopic (exact) mass is 673 g/mol. The van der Waals surface area contributed by atoms with Crippen LogP contribution in [0.25, 0.3) is 11.1 Å². The van der Waals surface area contributed by atoms with Gasteiger partial charge in [-0.3, -0.25) is 23.7 Å². The Labute approximate surface area is 261 Å². The Morgan fingerprint density at radius 2 is 1.84 bits per heavy atom. The summed E-state index contributed by atoms with van der Waals surface area (Å²) in [6.07, 6.45) is -8.32. The molecule has 0 amide bonds. The van der Waals surface area contributed by atoms with Crippen LogP contribution in [0.3, 0.4) is 0 Å². The molecule has 1 aromatic heterocycles. The number of H-pyrrole nitrogens is 1. The molecule has 1 unspecified atom stereocenters.